The van der Waals surface area contributed by atoms with Crippen molar-refractivity contribution in [3.8, 4) is 0 Å². The van der Waals surface area contributed by atoms with Gasteiger partial charge in [-0.15, -0.1) is 0 Å². The maximum Gasteiger partial charge on any atom is 0.238 e. The Hall–Kier alpha value is -1.97. The Morgan fingerprint density at radius 1 is 1.12 bits per heavy atom. The number of imide groups is 1. The number of carbonyl (C=O) groups excluding carboxylic acids is 3. The van der Waals surface area contributed by atoms with Crippen molar-refractivity contribution in [2.75, 3.05) is 6.54 Å². The van der Waals surface area contributed by atoms with Crippen LogP contribution < -0.4 is 0 Å². The Kier molecular flexibility index (Phi) is 2.81. The van der Waals surface area contributed by atoms with E-state index in [2.05, 4.69) is 0 Å². The van der Waals surface area contributed by atoms with Gasteiger partial charge in [-0.3, -0.25) is 19.3 Å². The van der Waals surface area contributed by atoms with Crippen LogP contribution in [0.15, 0.2) is 24.3 Å². The molecule has 2 amide bonds. The van der Waals surface area contributed by atoms with Crippen LogP contribution in [0.4, 0.5) is 0 Å². The van der Waals surface area contributed by atoms with Crippen LogP contribution in [0.25, 0.3) is 0 Å². The lowest BCUT2D eigenvalue weighted by Gasteiger charge is -2.28. The van der Waals surface area contributed by atoms with Gasteiger partial charge in [-0.2, -0.15) is 0 Å². The van der Waals surface area contributed by atoms with Crippen molar-refractivity contribution in [3.63, 3.8) is 0 Å². The Morgan fingerprint density at radius 2 is 1.75 bits per heavy atom. The number of hydrogen-bond acceptors (Lipinski definition) is 3. The summed E-state index contributed by atoms with van der Waals surface area (Å²) < 4.78 is 0. The third kappa shape index (κ3) is 2.00. The molecular weight excluding hydrogens is 206 g/mol. The van der Waals surface area contributed by atoms with Gasteiger partial charge in [0, 0.05) is 12.1 Å². The molecule has 0 saturated carbocycles. The van der Waals surface area contributed by atoms with E-state index in [9.17, 15) is 14.4 Å². The van der Waals surface area contributed by atoms with E-state index in [1.54, 1.807) is 12.1 Å². The maximum atomic E-state index is 11.0. The molecule has 0 bridgehead atoms. The fourth-order valence-corrected chi connectivity index (χ4v) is 1.62. The van der Waals surface area contributed by atoms with Crippen LogP contribution >= 0.6 is 0 Å². The fraction of sp³-hybridized carbons (Fsp3) is 0.250. The predicted octanol–water partition coefficient (Wildman–Crippen LogP) is 0.801. The predicted molar refractivity (Wildman–Crippen MR) is 56.9 cm³/mol. The highest BCUT2D eigenvalue weighted by atomic mass is 16.2. The molecule has 1 saturated heterocycles. The first-order valence-electron chi connectivity index (χ1n) is 5.08. The lowest BCUT2D eigenvalue weighted by Crippen LogP contribution is -2.49. The van der Waals surface area contributed by atoms with Crippen molar-refractivity contribution in [2.24, 2.45) is 0 Å². The summed E-state index contributed by atoms with van der Waals surface area (Å²) in [5, 5.41) is 0. The lowest BCUT2D eigenvalue weighted by molar-refractivity contribution is -0.157. The second-order valence-electron chi connectivity index (χ2n) is 3.73. The maximum absolute atomic E-state index is 11.0. The number of carbonyl (C=O) groups is 3. The number of β-lactam (4-membered cyclic amide) rings is 2. The van der Waals surface area contributed by atoms with Crippen molar-refractivity contribution in [3.05, 3.63) is 35.4 Å². The average molecular weight is 217 g/mol. The summed E-state index contributed by atoms with van der Waals surface area (Å²) in [6.07, 6.45) is 1.47. The number of hydrogen-bond donors (Lipinski definition) is 0. The molecular formula is C12H11NO3. The number of benzene rings is 1. The molecule has 0 aromatic heterocycles. The van der Waals surface area contributed by atoms with Crippen molar-refractivity contribution in [2.45, 2.75) is 12.8 Å². The van der Waals surface area contributed by atoms with Crippen molar-refractivity contribution >= 4 is 18.1 Å². The molecule has 1 aromatic rings. The van der Waals surface area contributed by atoms with Gasteiger partial charge in [0.05, 0.1) is 0 Å². The molecule has 0 N–H and O–H groups in total. The Bertz CT molecular complexity index is 422. The molecule has 1 aromatic carbocycles. The number of aldehydes is 1. The van der Waals surface area contributed by atoms with Crippen molar-refractivity contribution in [1.82, 2.24) is 4.90 Å². The molecule has 4 nitrogen and oxygen atoms in total. The summed E-state index contributed by atoms with van der Waals surface area (Å²) >= 11 is 0. The minimum atomic E-state index is -0.102. The van der Waals surface area contributed by atoms with Gasteiger partial charge < -0.3 is 0 Å². The summed E-state index contributed by atoms with van der Waals surface area (Å²) in [4.78, 5) is 33.7. The molecule has 1 fully saturated rings. The van der Waals surface area contributed by atoms with E-state index in [1.165, 1.54) is 4.90 Å². The van der Waals surface area contributed by atoms with Gasteiger partial charge in [0.1, 0.15) is 12.7 Å². The Balaban J connectivity index is 1.92. The van der Waals surface area contributed by atoms with Crippen LogP contribution in [0, 0.1) is 0 Å². The SMILES string of the molecule is O=Cc1ccc(CCN2C(=O)CC2=O)cc1. The molecule has 0 spiro atoms. The second-order valence-corrected chi connectivity index (χ2v) is 3.73. The molecule has 4 heteroatoms. The normalized spacial score (nSPS) is 14.9. The molecule has 0 radical (unpaired) electrons. The molecule has 0 unspecified atom stereocenters. The van der Waals surface area contributed by atoms with Gasteiger partial charge in [0.2, 0.25) is 11.8 Å². The lowest BCUT2D eigenvalue weighted by atomic mass is 10.1. The van der Waals surface area contributed by atoms with Crippen LogP contribution in [0.5, 0.6) is 0 Å². The fourth-order valence-electron chi connectivity index (χ4n) is 1.62. The first kappa shape index (κ1) is 10.5. The minimum Gasteiger partial charge on any atom is -0.298 e. The van der Waals surface area contributed by atoms with E-state index in [1.807, 2.05) is 12.1 Å². The van der Waals surface area contributed by atoms with E-state index in [0.717, 1.165) is 11.8 Å². The smallest absolute Gasteiger partial charge is 0.238 e. The molecule has 0 aliphatic carbocycles. The summed E-state index contributed by atoms with van der Waals surface area (Å²) in [6.45, 7) is 0.429. The first-order chi connectivity index (χ1) is 7.70. The highest BCUT2D eigenvalue weighted by Crippen LogP contribution is 2.12. The van der Waals surface area contributed by atoms with Crippen molar-refractivity contribution < 1.29 is 14.4 Å². The highest BCUT2D eigenvalue weighted by molar-refractivity contribution is 6.14. The third-order valence-corrected chi connectivity index (χ3v) is 2.64. The average Bonchev–Trinajstić information content (AvgIpc) is 2.30. The molecule has 16 heavy (non-hydrogen) atoms. The number of amides is 2. The van der Waals surface area contributed by atoms with E-state index >= 15 is 0 Å². The zero-order valence-electron chi connectivity index (χ0n) is 8.68. The summed E-state index contributed by atoms with van der Waals surface area (Å²) in [7, 11) is 0. The monoisotopic (exact) mass is 217 g/mol. The van der Waals surface area contributed by atoms with E-state index < -0.39 is 0 Å². The number of rotatable bonds is 4. The van der Waals surface area contributed by atoms with E-state index in [-0.39, 0.29) is 18.2 Å². The summed E-state index contributed by atoms with van der Waals surface area (Å²) in [5.41, 5.74) is 1.64. The molecule has 2 rings (SSSR count). The van der Waals surface area contributed by atoms with Gasteiger partial charge in [-0.25, -0.2) is 0 Å². The highest BCUT2D eigenvalue weighted by Gasteiger charge is 2.33. The minimum absolute atomic E-state index is 0.0457. The van der Waals surface area contributed by atoms with Gasteiger partial charge in [-0.05, 0) is 12.0 Å². The van der Waals surface area contributed by atoms with Crippen molar-refractivity contribution in [1.29, 1.82) is 0 Å². The van der Waals surface area contributed by atoms with E-state index in [4.69, 9.17) is 0 Å². The van der Waals surface area contributed by atoms with Crippen LogP contribution in [-0.4, -0.2) is 29.5 Å². The summed E-state index contributed by atoms with van der Waals surface area (Å²) in [6, 6.07) is 7.11. The standard InChI is InChI=1S/C12H11NO3/c14-8-10-3-1-9(2-4-10)5-6-13-11(15)7-12(13)16/h1-4,8H,5-7H2. The number of nitrogens with zero attached hydrogens (tertiary/aromatic N) is 1. The van der Waals surface area contributed by atoms with Crippen LogP contribution in [0.1, 0.15) is 22.3 Å². The zero-order chi connectivity index (χ0) is 11.5. The van der Waals surface area contributed by atoms with E-state index in [0.29, 0.717) is 18.5 Å². The molecule has 1 aliphatic heterocycles. The van der Waals surface area contributed by atoms with Crippen LogP contribution in [-0.2, 0) is 16.0 Å². The molecule has 82 valence electrons. The van der Waals surface area contributed by atoms with Gasteiger partial charge in [0.25, 0.3) is 0 Å². The van der Waals surface area contributed by atoms with Crippen LogP contribution in [0.3, 0.4) is 0 Å². The Morgan fingerprint density at radius 3 is 2.25 bits per heavy atom. The quantitative estimate of drug-likeness (QED) is 0.426. The topological polar surface area (TPSA) is 54.5 Å². The number of likely N-dealkylation sites (tertiary alicyclic amines) is 1. The van der Waals surface area contributed by atoms with Gasteiger partial charge >= 0.3 is 0 Å². The van der Waals surface area contributed by atoms with Gasteiger partial charge in [-0.1, -0.05) is 24.3 Å². The zero-order valence-corrected chi connectivity index (χ0v) is 8.68. The second kappa shape index (κ2) is 4.26. The molecule has 1 aliphatic rings. The Labute approximate surface area is 92.9 Å². The van der Waals surface area contributed by atoms with Gasteiger partial charge in [0.15, 0.2) is 0 Å². The molecule has 1 heterocycles. The largest absolute Gasteiger partial charge is 0.298 e. The van der Waals surface area contributed by atoms with Crippen LogP contribution in [0.2, 0.25) is 0 Å². The first-order valence-corrected chi connectivity index (χ1v) is 5.08. The molecule has 0 atom stereocenters. The summed E-state index contributed by atoms with van der Waals surface area (Å²) in [5.74, 6) is -0.205. The third-order valence-electron chi connectivity index (χ3n) is 2.64.